The number of hydrogen-bond donors (Lipinski definition) is 1. The number of rotatable bonds is 3. The second kappa shape index (κ2) is 4.70. The van der Waals surface area contributed by atoms with Gasteiger partial charge in [-0.05, 0) is 30.7 Å². The molecular weight excluding hydrogens is 266 g/mol. The number of anilines is 1. The lowest BCUT2D eigenvalue weighted by Gasteiger charge is -2.10. The number of benzene rings is 1. The first-order chi connectivity index (χ1) is 7.66. The van der Waals surface area contributed by atoms with Crippen molar-refractivity contribution >= 4 is 21.6 Å². The molecule has 16 heavy (non-hydrogen) atoms. The Morgan fingerprint density at radius 2 is 2.25 bits per heavy atom. The van der Waals surface area contributed by atoms with Gasteiger partial charge in [0, 0.05) is 23.4 Å². The normalized spacial score (nSPS) is 10.4. The van der Waals surface area contributed by atoms with Gasteiger partial charge in [0.2, 0.25) is 0 Å². The lowest BCUT2D eigenvalue weighted by molar-refractivity contribution is 0.837. The van der Waals surface area contributed by atoms with Gasteiger partial charge in [-0.1, -0.05) is 15.9 Å². The molecule has 0 aliphatic rings. The zero-order valence-electron chi connectivity index (χ0n) is 9.37. The topological polar surface area (TPSA) is 29.9 Å². The van der Waals surface area contributed by atoms with Crippen LogP contribution in [0.5, 0.6) is 0 Å². The van der Waals surface area contributed by atoms with Crippen LogP contribution in [0, 0.1) is 6.92 Å². The van der Waals surface area contributed by atoms with E-state index < -0.39 is 0 Å². The Labute approximate surface area is 104 Å². The van der Waals surface area contributed by atoms with Crippen LogP contribution < -0.4 is 5.32 Å². The summed E-state index contributed by atoms with van der Waals surface area (Å²) < 4.78 is 3.12. The molecule has 0 aliphatic heterocycles. The summed E-state index contributed by atoms with van der Waals surface area (Å²) in [6.07, 6.45) is 3.69. The van der Waals surface area contributed by atoms with Gasteiger partial charge in [0.05, 0.1) is 18.6 Å². The molecule has 0 saturated carbocycles. The van der Waals surface area contributed by atoms with Gasteiger partial charge in [0.15, 0.2) is 0 Å². The highest BCUT2D eigenvalue weighted by molar-refractivity contribution is 9.10. The zero-order valence-corrected chi connectivity index (χ0v) is 11.0. The third-order valence-electron chi connectivity index (χ3n) is 2.56. The number of aryl methyl sites for hydroxylation is 2. The van der Waals surface area contributed by atoms with Gasteiger partial charge in [-0.15, -0.1) is 0 Å². The molecule has 0 bridgehead atoms. The van der Waals surface area contributed by atoms with Gasteiger partial charge < -0.3 is 9.88 Å². The van der Waals surface area contributed by atoms with Crippen LogP contribution in [-0.4, -0.2) is 9.55 Å². The minimum absolute atomic E-state index is 0.791. The van der Waals surface area contributed by atoms with Crippen LogP contribution in [-0.2, 0) is 13.6 Å². The SMILES string of the molecule is Cc1cc(Br)ccc1NCc1cncn1C. The molecule has 84 valence electrons. The first kappa shape index (κ1) is 11.2. The Kier molecular flexibility index (Phi) is 3.29. The second-order valence-electron chi connectivity index (χ2n) is 3.81. The number of nitrogens with one attached hydrogen (secondary N) is 1. The molecule has 3 nitrogen and oxygen atoms in total. The quantitative estimate of drug-likeness (QED) is 0.936. The van der Waals surface area contributed by atoms with Crippen LogP contribution in [0.4, 0.5) is 5.69 Å². The van der Waals surface area contributed by atoms with E-state index in [1.165, 1.54) is 11.3 Å². The number of nitrogens with zero attached hydrogens (tertiary/aromatic N) is 2. The van der Waals surface area contributed by atoms with E-state index in [-0.39, 0.29) is 0 Å². The van der Waals surface area contributed by atoms with E-state index in [1.54, 1.807) is 0 Å². The summed E-state index contributed by atoms with van der Waals surface area (Å²) >= 11 is 3.46. The number of aromatic nitrogens is 2. The predicted octanol–water partition coefficient (Wildman–Crippen LogP) is 3.10. The first-order valence-electron chi connectivity index (χ1n) is 5.12. The van der Waals surface area contributed by atoms with E-state index in [9.17, 15) is 0 Å². The molecule has 4 heteroatoms. The lowest BCUT2D eigenvalue weighted by Crippen LogP contribution is -2.04. The van der Waals surface area contributed by atoms with Gasteiger partial charge >= 0.3 is 0 Å². The third-order valence-corrected chi connectivity index (χ3v) is 3.06. The Morgan fingerprint density at radius 1 is 1.44 bits per heavy atom. The molecule has 0 fully saturated rings. The molecular formula is C12H14BrN3. The minimum atomic E-state index is 0.791. The molecule has 1 heterocycles. The number of hydrogen-bond acceptors (Lipinski definition) is 2. The van der Waals surface area contributed by atoms with Crippen LogP contribution >= 0.6 is 15.9 Å². The lowest BCUT2D eigenvalue weighted by atomic mass is 10.2. The first-order valence-corrected chi connectivity index (χ1v) is 5.91. The fourth-order valence-electron chi connectivity index (χ4n) is 1.57. The molecule has 0 radical (unpaired) electrons. The maximum Gasteiger partial charge on any atom is 0.0946 e. The summed E-state index contributed by atoms with van der Waals surface area (Å²) in [5, 5.41) is 3.40. The van der Waals surface area contributed by atoms with Gasteiger partial charge in [-0.2, -0.15) is 0 Å². The van der Waals surface area contributed by atoms with Crippen LogP contribution in [0.2, 0.25) is 0 Å². The monoisotopic (exact) mass is 279 g/mol. The van der Waals surface area contributed by atoms with Crippen molar-refractivity contribution in [3.8, 4) is 0 Å². The van der Waals surface area contributed by atoms with E-state index in [0.29, 0.717) is 0 Å². The van der Waals surface area contributed by atoms with Crippen molar-refractivity contribution in [3.05, 3.63) is 46.5 Å². The van der Waals surface area contributed by atoms with E-state index in [2.05, 4.69) is 45.3 Å². The summed E-state index contributed by atoms with van der Waals surface area (Å²) in [6.45, 7) is 2.88. The highest BCUT2D eigenvalue weighted by atomic mass is 79.9. The molecule has 0 saturated heterocycles. The molecule has 1 aromatic heterocycles. The minimum Gasteiger partial charge on any atom is -0.379 e. The molecule has 0 amide bonds. The number of imidazole rings is 1. The van der Waals surface area contributed by atoms with E-state index in [1.807, 2.05) is 30.2 Å². The maximum absolute atomic E-state index is 4.09. The standard InChI is InChI=1S/C12H14BrN3/c1-9-5-10(13)3-4-12(9)15-7-11-6-14-8-16(11)2/h3-6,8,15H,7H2,1-2H3. The summed E-state index contributed by atoms with van der Waals surface area (Å²) in [4.78, 5) is 4.09. The average molecular weight is 280 g/mol. The fourth-order valence-corrected chi connectivity index (χ4v) is 2.04. The molecule has 0 atom stereocenters. The summed E-state index contributed by atoms with van der Waals surface area (Å²) in [7, 11) is 2.00. The van der Waals surface area contributed by atoms with Crippen LogP contribution in [0.15, 0.2) is 35.2 Å². The van der Waals surface area contributed by atoms with Crippen molar-refractivity contribution in [2.75, 3.05) is 5.32 Å². The van der Waals surface area contributed by atoms with Gasteiger partial charge in [0.1, 0.15) is 0 Å². The fraction of sp³-hybridized carbons (Fsp3) is 0.250. The molecule has 0 unspecified atom stereocenters. The van der Waals surface area contributed by atoms with Crippen molar-refractivity contribution in [1.29, 1.82) is 0 Å². The Balaban J connectivity index is 2.08. The van der Waals surface area contributed by atoms with Crippen molar-refractivity contribution in [2.24, 2.45) is 7.05 Å². The maximum atomic E-state index is 4.09. The molecule has 1 aromatic carbocycles. The van der Waals surface area contributed by atoms with Gasteiger partial charge in [0.25, 0.3) is 0 Å². The average Bonchev–Trinajstić information content (AvgIpc) is 2.63. The Bertz CT molecular complexity index is 491. The summed E-state index contributed by atoms with van der Waals surface area (Å²) in [6, 6.07) is 6.22. The molecule has 2 rings (SSSR count). The molecule has 0 spiro atoms. The Morgan fingerprint density at radius 3 is 2.88 bits per heavy atom. The highest BCUT2D eigenvalue weighted by Gasteiger charge is 2.01. The third kappa shape index (κ3) is 2.44. The molecule has 0 aliphatic carbocycles. The summed E-state index contributed by atoms with van der Waals surface area (Å²) in [5.74, 6) is 0. The van der Waals surface area contributed by atoms with E-state index in [0.717, 1.165) is 16.7 Å². The van der Waals surface area contributed by atoms with Gasteiger partial charge in [-0.3, -0.25) is 0 Å². The smallest absolute Gasteiger partial charge is 0.0946 e. The van der Waals surface area contributed by atoms with Crippen LogP contribution in [0.25, 0.3) is 0 Å². The zero-order chi connectivity index (χ0) is 11.5. The predicted molar refractivity (Wildman–Crippen MR) is 69.4 cm³/mol. The highest BCUT2D eigenvalue weighted by Crippen LogP contribution is 2.20. The van der Waals surface area contributed by atoms with Gasteiger partial charge in [-0.25, -0.2) is 4.98 Å². The number of halogens is 1. The second-order valence-corrected chi connectivity index (χ2v) is 4.72. The van der Waals surface area contributed by atoms with Crippen LogP contribution in [0.3, 0.4) is 0 Å². The van der Waals surface area contributed by atoms with Crippen molar-refractivity contribution in [3.63, 3.8) is 0 Å². The largest absolute Gasteiger partial charge is 0.379 e. The molecule has 1 N–H and O–H groups in total. The summed E-state index contributed by atoms with van der Waals surface area (Å²) in [5.41, 5.74) is 3.56. The van der Waals surface area contributed by atoms with Crippen molar-refractivity contribution in [2.45, 2.75) is 13.5 Å². The van der Waals surface area contributed by atoms with E-state index >= 15 is 0 Å². The van der Waals surface area contributed by atoms with Crippen molar-refractivity contribution in [1.82, 2.24) is 9.55 Å². The van der Waals surface area contributed by atoms with E-state index in [4.69, 9.17) is 0 Å². The Hall–Kier alpha value is -1.29. The van der Waals surface area contributed by atoms with Crippen molar-refractivity contribution < 1.29 is 0 Å². The molecule has 2 aromatic rings. The van der Waals surface area contributed by atoms with Crippen LogP contribution in [0.1, 0.15) is 11.3 Å².